The van der Waals surface area contributed by atoms with E-state index >= 15 is 0 Å². The average molecular weight is 373 g/mol. The summed E-state index contributed by atoms with van der Waals surface area (Å²) in [5, 5.41) is 0. The highest BCUT2D eigenvalue weighted by molar-refractivity contribution is 6.42. The number of rotatable bonds is 4. The quantitative estimate of drug-likeness (QED) is 0.593. The Kier molecular flexibility index (Phi) is 6.45. The van der Waals surface area contributed by atoms with Gasteiger partial charge in [-0.2, -0.15) is 0 Å². The molecule has 27 heavy (non-hydrogen) atoms. The molecule has 1 aromatic rings. The Balaban J connectivity index is 1.55. The van der Waals surface area contributed by atoms with Gasteiger partial charge in [-0.3, -0.25) is 14.5 Å². The van der Waals surface area contributed by atoms with Crippen LogP contribution >= 0.6 is 0 Å². The largest absolute Gasteiger partial charge is 0.450 e. The van der Waals surface area contributed by atoms with Gasteiger partial charge in [0.15, 0.2) is 0 Å². The van der Waals surface area contributed by atoms with Gasteiger partial charge in [-0.05, 0) is 19.8 Å². The van der Waals surface area contributed by atoms with E-state index in [4.69, 9.17) is 4.74 Å². The number of nitrogens with zero attached hydrogens (tertiary/aromatic N) is 3. The van der Waals surface area contributed by atoms with Crippen LogP contribution in [0.15, 0.2) is 30.3 Å². The molecule has 0 aliphatic carbocycles. The third-order valence-electron chi connectivity index (χ3n) is 5.27. The summed E-state index contributed by atoms with van der Waals surface area (Å²) in [7, 11) is 0. The van der Waals surface area contributed by atoms with Gasteiger partial charge in [-0.15, -0.1) is 0 Å². The molecular formula is C20H27N3O4. The van der Waals surface area contributed by atoms with E-state index in [2.05, 4.69) is 4.90 Å². The molecular weight excluding hydrogens is 346 g/mol. The van der Waals surface area contributed by atoms with Crippen LogP contribution in [0.4, 0.5) is 4.79 Å². The van der Waals surface area contributed by atoms with Crippen LogP contribution < -0.4 is 0 Å². The van der Waals surface area contributed by atoms with Crippen molar-refractivity contribution in [3.8, 4) is 0 Å². The normalized spacial score (nSPS) is 21.0. The van der Waals surface area contributed by atoms with Crippen molar-refractivity contribution in [3.63, 3.8) is 0 Å². The van der Waals surface area contributed by atoms with Crippen molar-refractivity contribution in [2.45, 2.75) is 25.8 Å². The fraction of sp³-hybridized carbons (Fsp3) is 0.550. The van der Waals surface area contributed by atoms with E-state index in [9.17, 15) is 14.4 Å². The number of carbonyl (C=O) groups is 3. The maximum absolute atomic E-state index is 12.6. The highest BCUT2D eigenvalue weighted by atomic mass is 16.6. The molecule has 1 atom stereocenters. The van der Waals surface area contributed by atoms with Crippen molar-refractivity contribution in [2.24, 2.45) is 0 Å². The first-order valence-corrected chi connectivity index (χ1v) is 9.64. The highest BCUT2D eigenvalue weighted by Gasteiger charge is 2.33. The molecule has 0 radical (unpaired) electrons. The number of carbonyl (C=O) groups excluding carboxylic acids is 3. The first kappa shape index (κ1) is 19.4. The molecule has 0 aromatic heterocycles. The average Bonchev–Trinajstić information content (AvgIpc) is 2.73. The molecule has 2 heterocycles. The molecule has 0 N–H and O–H groups in total. The number of benzene rings is 1. The Hall–Kier alpha value is -2.41. The molecule has 1 aromatic carbocycles. The lowest BCUT2D eigenvalue weighted by Gasteiger charge is -2.42. The predicted molar refractivity (Wildman–Crippen MR) is 101 cm³/mol. The summed E-state index contributed by atoms with van der Waals surface area (Å²) in [6.45, 7) is 6.16. The van der Waals surface area contributed by atoms with Gasteiger partial charge >= 0.3 is 6.09 Å². The number of ether oxygens (including phenoxy) is 1. The Morgan fingerprint density at radius 1 is 1.00 bits per heavy atom. The molecule has 3 rings (SSSR count). The molecule has 2 saturated heterocycles. The predicted octanol–water partition coefficient (Wildman–Crippen LogP) is 1.63. The van der Waals surface area contributed by atoms with Crippen LogP contribution in [-0.2, 0) is 9.53 Å². The Labute approximate surface area is 159 Å². The van der Waals surface area contributed by atoms with Gasteiger partial charge in [0, 0.05) is 50.9 Å². The van der Waals surface area contributed by atoms with Gasteiger partial charge in [-0.25, -0.2) is 4.79 Å². The van der Waals surface area contributed by atoms with E-state index < -0.39 is 11.7 Å². The summed E-state index contributed by atoms with van der Waals surface area (Å²) < 4.78 is 5.06. The van der Waals surface area contributed by atoms with Gasteiger partial charge in [0.2, 0.25) is 5.78 Å². The SMILES string of the molecule is CCOC(=O)N1CCN(C2CCCN(C(=O)C(=O)c3ccccc3)C2)CC1. The maximum atomic E-state index is 12.6. The summed E-state index contributed by atoms with van der Waals surface area (Å²) in [6, 6.07) is 8.95. The Bertz CT molecular complexity index is 671. The number of hydrogen-bond acceptors (Lipinski definition) is 5. The minimum absolute atomic E-state index is 0.232. The van der Waals surface area contributed by atoms with Gasteiger partial charge in [0.25, 0.3) is 5.91 Å². The van der Waals surface area contributed by atoms with E-state index in [0.29, 0.717) is 38.3 Å². The van der Waals surface area contributed by atoms with Crippen LogP contribution in [0.1, 0.15) is 30.1 Å². The summed E-state index contributed by atoms with van der Waals surface area (Å²) in [5.41, 5.74) is 0.438. The van der Waals surface area contributed by atoms with Crippen molar-refractivity contribution in [1.82, 2.24) is 14.7 Å². The molecule has 7 heteroatoms. The number of piperidine rings is 1. The second kappa shape index (κ2) is 8.99. The van der Waals surface area contributed by atoms with E-state index in [1.807, 2.05) is 6.07 Å². The molecule has 0 bridgehead atoms. The summed E-state index contributed by atoms with van der Waals surface area (Å²) in [4.78, 5) is 42.6. The molecule has 7 nitrogen and oxygen atoms in total. The molecule has 2 amide bonds. The van der Waals surface area contributed by atoms with Crippen LogP contribution in [0.5, 0.6) is 0 Å². The van der Waals surface area contributed by atoms with Crippen molar-refractivity contribution < 1.29 is 19.1 Å². The van der Waals surface area contributed by atoms with Crippen LogP contribution in [0.3, 0.4) is 0 Å². The zero-order valence-electron chi connectivity index (χ0n) is 15.8. The molecule has 0 saturated carbocycles. The monoisotopic (exact) mass is 373 g/mol. The first-order valence-electron chi connectivity index (χ1n) is 9.64. The van der Waals surface area contributed by atoms with Gasteiger partial charge in [0.1, 0.15) is 0 Å². The molecule has 0 spiro atoms. The Morgan fingerprint density at radius 3 is 2.37 bits per heavy atom. The third-order valence-corrected chi connectivity index (χ3v) is 5.27. The lowest BCUT2D eigenvalue weighted by molar-refractivity contribution is -0.128. The lowest BCUT2D eigenvalue weighted by Crippen LogP contribution is -2.57. The third kappa shape index (κ3) is 4.66. The van der Waals surface area contributed by atoms with Crippen molar-refractivity contribution in [1.29, 1.82) is 0 Å². The maximum Gasteiger partial charge on any atom is 0.409 e. The molecule has 1 unspecified atom stereocenters. The van der Waals surface area contributed by atoms with Gasteiger partial charge < -0.3 is 14.5 Å². The second-order valence-electron chi connectivity index (χ2n) is 6.96. The molecule has 2 fully saturated rings. The number of amides is 2. The van der Waals surface area contributed by atoms with Crippen molar-refractivity contribution in [2.75, 3.05) is 45.9 Å². The molecule has 2 aliphatic rings. The van der Waals surface area contributed by atoms with Crippen molar-refractivity contribution in [3.05, 3.63) is 35.9 Å². The zero-order chi connectivity index (χ0) is 19.2. The second-order valence-corrected chi connectivity index (χ2v) is 6.96. The Morgan fingerprint density at radius 2 is 1.70 bits per heavy atom. The van der Waals surface area contributed by atoms with E-state index in [1.54, 1.807) is 41.0 Å². The van der Waals surface area contributed by atoms with Gasteiger partial charge in [-0.1, -0.05) is 30.3 Å². The number of piperazine rings is 1. The van der Waals surface area contributed by atoms with Crippen LogP contribution in [0.2, 0.25) is 0 Å². The van der Waals surface area contributed by atoms with E-state index in [-0.39, 0.29) is 12.1 Å². The smallest absolute Gasteiger partial charge is 0.409 e. The molecule has 146 valence electrons. The minimum atomic E-state index is -0.441. The molecule has 2 aliphatic heterocycles. The highest BCUT2D eigenvalue weighted by Crippen LogP contribution is 2.19. The number of likely N-dealkylation sites (tertiary alicyclic amines) is 1. The minimum Gasteiger partial charge on any atom is -0.450 e. The van der Waals surface area contributed by atoms with Crippen LogP contribution in [0, 0.1) is 0 Å². The van der Waals surface area contributed by atoms with Crippen molar-refractivity contribution >= 4 is 17.8 Å². The number of ketones is 1. The van der Waals surface area contributed by atoms with Crippen LogP contribution in [0.25, 0.3) is 0 Å². The fourth-order valence-electron chi connectivity index (χ4n) is 3.78. The fourth-order valence-corrected chi connectivity index (χ4v) is 3.78. The number of Topliss-reactive ketones (excluding diaryl/α,β-unsaturated/α-hetero) is 1. The lowest BCUT2D eigenvalue weighted by atomic mass is 10.0. The first-order chi connectivity index (χ1) is 13.1. The number of hydrogen-bond donors (Lipinski definition) is 0. The van der Waals surface area contributed by atoms with E-state index in [1.165, 1.54) is 0 Å². The summed E-state index contributed by atoms with van der Waals surface area (Å²) >= 11 is 0. The summed E-state index contributed by atoms with van der Waals surface area (Å²) in [6.07, 6.45) is 1.63. The standard InChI is InChI=1S/C20H27N3O4/c1-2-27-20(26)22-13-11-21(12-14-22)17-9-6-10-23(15-17)19(25)18(24)16-7-4-3-5-8-16/h3-5,7-8,17H,2,6,9-15H2,1H3. The van der Waals surface area contributed by atoms with Gasteiger partial charge in [0.05, 0.1) is 6.61 Å². The van der Waals surface area contributed by atoms with E-state index in [0.717, 1.165) is 25.9 Å². The summed E-state index contributed by atoms with van der Waals surface area (Å²) in [5.74, 6) is -0.862. The topological polar surface area (TPSA) is 70.2 Å². The zero-order valence-corrected chi connectivity index (χ0v) is 15.8. The van der Waals surface area contributed by atoms with Crippen LogP contribution in [-0.4, -0.2) is 84.4 Å².